The molecule has 0 unspecified atom stereocenters. The van der Waals surface area contributed by atoms with E-state index in [4.69, 9.17) is 0 Å². The van der Waals surface area contributed by atoms with Gasteiger partial charge >= 0.3 is 11.9 Å². The fourth-order valence-corrected chi connectivity index (χ4v) is 3.72. The third-order valence-electron chi connectivity index (χ3n) is 5.92. The van der Waals surface area contributed by atoms with Gasteiger partial charge in [0.15, 0.2) is 0 Å². The monoisotopic (exact) mass is 456 g/mol. The Hall–Kier alpha value is -1.06. The number of ether oxygens (including phenoxy) is 2. The largest absolute Gasteiger partial charge is 0.469 e. The summed E-state index contributed by atoms with van der Waals surface area (Å²) in [6, 6.07) is 0. The number of carbonyl (C=O) groups is 2. The number of esters is 2. The zero-order chi connectivity index (χ0) is 24.1. The number of carbonyl (C=O) groups excluding carboxylic acids is 2. The van der Waals surface area contributed by atoms with Gasteiger partial charge in [-0.25, -0.2) is 0 Å². The standard InChI is InChI=1S/C15H30O2.C13H26O2/c1-3-4-5-6-7-8-9-10-11-12-13-14-15(16)17-2;1-3-4-5-6-7-8-9-10-11-12-13(14)15-2/h3-14H2,1-2H3;3-12H2,1-2H3. The summed E-state index contributed by atoms with van der Waals surface area (Å²) in [5, 5.41) is 0. The van der Waals surface area contributed by atoms with Gasteiger partial charge in [-0.15, -0.1) is 0 Å². The van der Waals surface area contributed by atoms with E-state index in [0.29, 0.717) is 12.8 Å². The molecule has 0 bridgehead atoms. The lowest BCUT2D eigenvalue weighted by Crippen LogP contribution is -1.99. The first-order valence-corrected chi connectivity index (χ1v) is 13.8. The van der Waals surface area contributed by atoms with Crippen molar-refractivity contribution < 1.29 is 19.1 Å². The van der Waals surface area contributed by atoms with Crippen LogP contribution in [0.3, 0.4) is 0 Å². The Morgan fingerprint density at radius 3 is 0.844 bits per heavy atom. The van der Waals surface area contributed by atoms with Crippen LogP contribution in [0.2, 0.25) is 0 Å². The third-order valence-corrected chi connectivity index (χ3v) is 5.92. The first-order chi connectivity index (χ1) is 15.6. The molecule has 0 radical (unpaired) electrons. The molecule has 4 heteroatoms. The zero-order valence-electron chi connectivity index (χ0n) is 22.2. The lowest BCUT2D eigenvalue weighted by Gasteiger charge is -2.02. The molecule has 0 aromatic carbocycles. The molecule has 0 aliphatic carbocycles. The molecule has 0 rings (SSSR count). The van der Waals surface area contributed by atoms with Crippen molar-refractivity contribution >= 4 is 11.9 Å². The number of rotatable bonds is 22. The highest BCUT2D eigenvalue weighted by molar-refractivity contribution is 5.69. The average molecular weight is 457 g/mol. The molecule has 0 aliphatic heterocycles. The second-order valence-electron chi connectivity index (χ2n) is 9.02. The zero-order valence-corrected chi connectivity index (χ0v) is 22.2. The van der Waals surface area contributed by atoms with Crippen LogP contribution in [0.15, 0.2) is 0 Å². The van der Waals surface area contributed by atoms with Crippen molar-refractivity contribution in [3.63, 3.8) is 0 Å². The van der Waals surface area contributed by atoms with Gasteiger partial charge in [0, 0.05) is 12.8 Å². The molecular formula is C28H56O4. The third kappa shape index (κ3) is 31.1. The highest BCUT2D eigenvalue weighted by atomic mass is 16.5. The lowest BCUT2D eigenvalue weighted by atomic mass is 10.1. The summed E-state index contributed by atoms with van der Waals surface area (Å²) in [5.41, 5.74) is 0. The minimum absolute atomic E-state index is 0.0686. The van der Waals surface area contributed by atoms with Gasteiger partial charge in [-0.3, -0.25) is 9.59 Å². The van der Waals surface area contributed by atoms with E-state index in [2.05, 4.69) is 23.3 Å². The number of hydrogen-bond donors (Lipinski definition) is 0. The fourth-order valence-electron chi connectivity index (χ4n) is 3.72. The predicted molar refractivity (Wildman–Crippen MR) is 137 cm³/mol. The topological polar surface area (TPSA) is 52.6 Å². The molecule has 4 nitrogen and oxygen atoms in total. The molecule has 0 amide bonds. The summed E-state index contributed by atoms with van der Waals surface area (Å²) in [5.74, 6) is -0.140. The minimum atomic E-state index is -0.0713. The van der Waals surface area contributed by atoms with E-state index in [1.54, 1.807) is 0 Å². The van der Waals surface area contributed by atoms with Gasteiger partial charge in [0.05, 0.1) is 14.2 Å². The van der Waals surface area contributed by atoms with E-state index in [-0.39, 0.29) is 11.9 Å². The summed E-state index contributed by atoms with van der Waals surface area (Å²) in [4.78, 5) is 21.6. The molecule has 0 aromatic heterocycles. The van der Waals surface area contributed by atoms with Crippen molar-refractivity contribution in [2.45, 2.75) is 155 Å². The lowest BCUT2D eigenvalue weighted by molar-refractivity contribution is -0.141. The smallest absolute Gasteiger partial charge is 0.305 e. The quantitative estimate of drug-likeness (QED) is 0.120. The molecule has 0 heterocycles. The van der Waals surface area contributed by atoms with Crippen LogP contribution in [0.4, 0.5) is 0 Å². The predicted octanol–water partition coefficient (Wildman–Crippen LogP) is 8.94. The summed E-state index contributed by atoms with van der Waals surface area (Å²) in [6.07, 6.45) is 27.2. The molecule has 32 heavy (non-hydrogen) atoms. The molecule has 0 saturated carbocycles. The molecule has 0 fully saturated rings. The van der Waals surface area contributed by atoms with Crippen molar-refractivity contribution in [1.82, 2.24) is 0 Å². The maximum Gasteiger partial charge on any atom is 0.305 e. The van der Waals surface area contributed by atoms with Crippen molar-refractivity contribution in [2.75, 3.05) is 14.2 Å². The Kier molecular flexibility index (Phi) is 31.0. The highest BCUT2D eigenvalue weighted by Crippen LogP contribution is 2.12. The van der Waals surface area contributed by atoms with Crippen molar-refractivity contribution in [2.24, 2.45) is 0 Å². The molecule has 0 aliphatic rings. The van der Waals surface area contributed by atoms with Gasteiger partial charge in [-0.1, -0.05) is 129 Å². The molecule has 0 atom stereocenters. The Morgan fingerprint density at radius 1 is 0.406 bits per heavy atom. The van der Waals surface area contributed by atoms with Crippen LogP contribution in [0.1, 0.15) is 155 Å². The van der Waals surface area contributed by atoms with E-state index < -0.39 is 0 Å². The summed E-state index contributed by atoms with van der Waals surface area (Å²) < 4.78 is 9.19. The van der Waals surface area contributed by atoms with Gasteiger partial charge in [-0.05, 0) is 12.8 Å². The van der Waals surface area contributed by atoms with Gasteiger partial charge in [0.2, 0.25) is 0 Å². The summed E-state index contributed by atoms with van der Waals surface area (Å²) in [7, 11) is 2.91. The van der Waals surface area contributed by atoms with Crippen LogP contribution in [-0.2, 0) is 19.1 Å². The maximum absolute atomic E-state index is 10.8. The van der Waals surface area contributed by atoms with E-state index in [1.807, 2.05) is 0 Å². The second-order valence-corrected chi connectivity index (χ2v) is 9.02. The Balaban J connectivity index is 0. The average Bonchev–Trinajstić information content (AvgIpc) is 2.81. The Morgan fingerprint density at radius 2 is 0.625 bits per heavy atom. The van der Waals surface area contributed by atoms with Crippen LogP contribution in [0, 0.1) is 0 Å². The molecular weight excluding hydrogens is 400 g/mol. The Bertz CT molecular complexity index is 382. The van der Waals surface area contributed by atoms with Crippen LogP contribution in [0.25, 0.3) is 0 Å². The summed E-state index contributed by atoms with van der Waals surface area (Å²) >= 11 is 0. The molecule has 0 N–H and O–H groups in total. The van der Waals surface area contributed by atoms with Crippen molar-refractivity contribution in [1.29, 1.82) is 0 Å². The minimum Gasteiger partial charge on any atom is -0.469 e. The molecule has 0 aromatic rings. The van der Waals surface area contributed by atoms with Gasteiger partial charge < -0.3 is 9.47 Å². The molecule has 0 saturated heterocycles. The number of unbranched alkanes of at least 4 members (excludes halogenated alkanes) is 18. The number of methoxy groups -OCH3 is 2. The SMILES string of the molecule is CCCCCCCCCCCC(=O)OC.CCCCCCCCCCCCCC(=O)OC. The first kappa shape index (κ1) is 33.1. The van der Waals surface area contributed by atoms with E-state index in [9.17, 15) is 9.59 Å². The van der Waals surface area contributed by atoms with E-state index >= 15 is 0 Å². The van der Waals surface area contributed by atoms with Gasteiger partial charge in [0.1, 0.15) is 0 Å². The molecule has 0 spiro atoms. The van der Waals surface area contributed by atoms with Crippen LogP contribution in [0.5, 0.6) is 0 Å². The van der Waals surface area contributed by atoms with Crippen LogP contribution >= 0.6 is 0 Å². The normalized spacial score (nSPS) is 10.4. The second kappa shape index (κ2) is 29.9. The van der Waals surface area contributed by atoms with Crippen molar-refractivity contribution in [3.05, 3.63) is 0 Å². The first-order valence-electron chi connectivity index (χ1n) is 13.8. The summed E-state index contributed by atoms with van der Waals surface area (Å²) in [6.45, 7) is 4.50. The van der Waals surface area contributed by atoms with E-state index in [1.165, 1.54) is 130 Å². The fraction of sp³-hybridized carbons (Fsp3) is 0.929. The van der Waals surface area contributed by atoms with Crippen molar-refractivity contribution in [3.8, 4) is 0 Å². The van der Waals surface area contributed by atoms with Gasteiger partial charge in [0.25, 0.3) is 0 Å². The number of hydrogen-bond acceptors (Lipinski definition) is 4. The highest BCUT2D eigenvalue weighted by Gasteiger charge is 2.00. The molecule has 192 valence electrons. The maximum atomic E-state index is 10.8. The van der Waals surface area contributed by atoms with E-state index in [0.717, 1.165) is 12.8 Å². The van der Waals surface area contributed by atoms with Crippen LogP contribution in [-0.4, -0.2) is 26.2 Å². The Labute approximate surface area is 200 Å². The van der Waals surface area contributed by atoms with Crippen LogP contribution < -0.4 is 0 Å². The van der Waals surface area contributed by atoms with Gasteiger partial charge in [-0.2, -0.15) is 0 Å².